The summed E-state index contributed by atoms with van der Waals surface area (Å²) in [6.45, 7) is 0.280. The molecule has 2 fully saturated rings. The molecule has 2 heterocycles. The van der Waals surface area contributed by atoms with Crippen LogP contribution in [0.5, 0.6) is 0 Å². The van der Waals surface area contributed by atoms with Crippen molar-refractivity contribution in [2.75, 3.05) is 0 Å². The third-order valence-electron chi connectivity index (χ3n) is 7.04. The predicted octanol–water partition coefficient (Wildman–Crippen LogP) is 6.51. The second-order valence-electron chi connectivity index (χ2n) is 9.13. The number of carbonyl (C=O) groups is 2. The number of benzene rings is 3. The Labute approximate surface area is 195 Å². The lowest BCUT2D eigenvalue weighted by Crippen LogP contribution is -2.55. The maximum atomic E-state index is 13.7. The molecular formula is C29H29NO3. The van der Waals surface area contributed by atoms with E-state index in [4.69, 9.17) is 4.74 Å². The molecule has 2 saturated heterocycles. The van der Waals surface area contributed by atoms with E-state index in [1.807, 2.05) is 89.8 Å². The first-order chi connectivity index (χ1) is 16.2. The fourth-order valence-corrected chi connectivity index (χ4v) is 5.47. The lowest BCUT2D eigenvalue weighted by Gasteiger charge is -2.47. The first kappa shape index (κ1) is 21.4. The summed E-state index contributed by atoms with van der Waals surface area (Å²) in [6, 6.07) is 27.9. The summed E-state index contributed by atoms with van der Waals surface area (Å²) in [4.78, 5) is 28.6. The monoisotopic (exact) mass is 439 g/mol. The SMILES string of the molecule is O=C(c1ccccc1-c1ccccc1)C1CC2CCCC(C1)N2C(=O)OCc1ccccc1. The highest BCUT2D eigenvalue weighted by Crippen LogP contribution is 2.39. The van der Waals surface area contributed by atoms with E-state index in [2.05, 4.69) is 0 Å². The number of Topliss-reactive ketones (excluding diaryl/α,β-unsaturated/α-hetero) is 1. The number of hydrogen-bond acceptors (Lipinski definition) is 3. The van der Waals surface area contributed by atoms with Crippen LogP contribution in [0.4, 0.5) is 4.79 Å². The Morgan fingerprint density at radius 2 is 1.39 bits per heavy atom. The van der Waals surface area contributed by atoms with Gasteiger partial charge in [-0.3, -0.25) is 4.79 Å². The van der Waals surface area contributed by atoms with E-state index < -0.39 is 0 Å². The minimum atomic E-state index is -0.246. The number of rotatable bonds is 5. The maximum Gasteiger partial charge on any atom is 0.410 e. The van der Waals surface area contributed by atoms with Crippen LogP contribution < -0.4 is 0 Å². The topological polar surface area (TPSA) is 46.6 Å². The van der Waals surface area contributed by atoms with Gasteiger partial charge in [0.25, 0.3) is 0 Å². The van der Waals surface area contributed by atoms with Gasteiger partial charge in [0.2, 0.25) is 0 Å². The van der Waals surface area contributed by atoms with E-state index in [1.54, 1.807) is 0 Å². The minimum Gasteiger partial charge on any atom is -0.445 e. The highest BCUT2D eigenvalue weighted by Gasteiger charge is 2.44. The lowest BCUT2D eigenvalue weighted by atomic mass is 9.75. The van der Waals surface area contributed by atoms with Crippen LogP contribution in [0.2, 0.25) is 0 Å². The van der Waals surface area contributed by atoms with Gasteiger partial charge >= 0.3 is 6.09 Å². The Morgan fingerprint density at radius 3 is 2.09 bits per heavy atom. The Morgan fingerprint density at radius 1 is 0.788 bits per heavy atom. The number of amides is 1. The molecule has 168 valence electrons. The van der Waals surface area contributed by atoms with E-state index in [0.717, 1.165) is 41.5 Å². The number of nitrogens with zero attached hydrogens (tertiary/aromatic N) is 1. The van der Waals surface area contributed by atoms with Crippen LogP contribution in [0.15, 0.2) is 84.9 Å². The van der Waals surface area contributed by atoms with Crippen molar-refractivity contribution in [2.45, 2.75) is 50.8 Å². The summed E-state index contributed by atoms with van der Waals surface area (Å²) in [7, 11) is 0. The van der Waals surface area contributed by atoms with Crippen molar-refractivity contribution >= 4 is 11.9 Å². The first-order valence-corrected chi connectivity index (χ1v) is 11.9. The quantitative estimate of drug-likeness (QED) is 0.426. The smallest absolute Gasteiger partial charge is 0.410 e. The highest BCUT2D eigenvalue weighted by atomic mass is 16.6. The Kier molecular flexibility index (Phi) is 6.25. The van der Waals surface area contributed by atoms with Gasteiger partial charge in [0.1, 0.15) is 6.61 Å². The van der Waals surface area contributed by atoms with E-state index >= 15 is 0 Å². The highest BCUT2D eigenvalue weighted by molar-refractivity contribution is 6.03. The molecule has 2 bridgehead atoms. The zero-order valence-corrected chi connectivity index (χ0v) is 18.7. The molecule has 2 unspecified atom stereocenters. The number of fused-ring (bicyclic) bond motifs is 2. The molecule has 0 saturated carbocycles. The molecule has 0 radical (unpaired) electrons. The molecule has 4 nitrogen and oxygen atoms in total. The van der Waals surface area contributed by atoms with E-state index in [1.165, 1.54) is 0 Å². The zero-order valence-electron chi connectivity index (χ0n) is 18.7. The normalized spacial score (nSPS) is 21.9. The molecule has 33 heavy (non-hydrogen) atoms. The van der Waals surface area contributed by atoms with Crippen molar-refractivity contribution in [3.05, 3.63) is 96.1 Å². The van der Waals surface area contributed by atoms with Crippen LogP contribution in [0.3, 0.4) is 0 Å². The molecule has 2 atom stereocenters. The van der Waals surface area contributed by atoms with Crippen molar-refractivity contribution in [3.63, 3.8) is 0 Å². The van der Waals surface area contributed by atoms with Gasteiger partial charge in [-0.15, -0.1) is 0 Å². The summed E-state index contributed by atoms with van der Waals surface area (Å²) >= 11 is 0. The van der Waals surface area contributed by atoms with Crippen LogP contribution in [-0.4, -0.2) is 28.9 Å². The number of ketones is 1. The average molecular weight is 440 g/mol. The van der Waals surface area contributed by atoms with Crippen molar-refractivity contribution in [1.82, 2.24) is 4.90 Å². The van der Waals surface area contributed by atoms with Gasteiger partial charge in [0, 0.05) is 23.6 Å². The summed E-state index contributed by atoms with van der Waals surface area (Å²) in [5.41, 5.74) is 3.81. The van der Waals surface area contributed by atoms with Crippen LogP contribution in [0, 0.1) is 5.92 Å². The number of carbonyl (C=O) groups excluding carboxylic acids is 2. The summed E-state index contributed by atoms with van der Waals surface area (Å²) in [5.74, 6) is 0.131. The van der Waals surface area contributed by atoms with Gasteiger partial charge in [-0.25, -0.2) is 4.79 Å². The van der Waals surface area contributed by atoms with E-state index in [0.29, 0.717) is 12.8 Å². The summed E-state index contributed by atoms with van der Waals surface area (Å²) in [5, 5.41) is 0. The number of hydrogen-bond donors (Lipinski definition) is 0. The van der Waals surface area contributed by atoms with Crippen LogP contribution in [-0.2, 0) is 11.3 Å². The molecule has 2 aliphatic heterocycles. The summed E-state index contributed by atoms with van der Waals surface area (Å²) in [6.07, 6.45) is 4.13. The molecule has 5 rings (SSSR count). The van der Waals surface area contributed by atoms with Gasteiger partial charge < -0.3 is 9.64 Å². The van der Waals surface area contributed by atoms with Gasteiger partial charge in [-0.05, 0) is 48.8 Å². The Balaban J connectivity index is 1.31. The molecule has 2 aliphatic rings. The second kappa shape index (κ2) is 9.62. The lowest BCUT2D eigenvalue weighted by molar-refractivity contribution is 0.00474. The third kappa shape index (κ3) is 4.56. The molecule has 0 N–H and O–H groups in total. The van der Waals surface area contributed by atoms with Gasteiger partial charge in [-0.2, -0.15) is 0 Å². The Bertz CT molecular complexity index is 1100. The average Bonchev–Trinajstić information content (AvgIpc) is 2.87. The fraction of sp³-hybridized carbons (Fsp3) is 0.310. The molecule has 3 aromatic carbocycles. The maximum absolute atomic E-state index is 13.7. The largest absolute Gasteiger partial charge is 0.445 e. The van der Waals surface area contributed by atoms with E-state index in [-0.39, 0.29) is 36.5 Å². The first-order valence-electron chi connectivity index (χ1n) is 11.9. The minimum absolute atomic E-state index is 0.0664. The van der Waals surface area contributed by atoms with Crippen molar-refractivity contribution in [2.24, 2.45) is 5.92 Å². The molecule has 0 aromatic heterocycles. The molecule has 3 aromatic rings. The predicted molar refractivity (Wildman–Crippen MR) is 129 cm³/mol. The molecule has 0 spiro atoms. The van der Waals surface area contributed by atoms with E-state index in [9.17, 15) is 9.59 Å². The number of ether oxygens (including phenoxy) is 1. The molecule has 4 heteroatoms. The summed E-state index contributed by atoms with van der Waals surface area (Å²) < 4.78 is 5.66. The van der Waals surface area contributed by atoms with Gasteiger partial charge in [0.15, 0.2) is 5.78 Å². The third-order valence-corrected chi connectivity index (χ3v) is 7.04. The molecule has 1 amide bonds. The number of piperidine rings is 2. The van der Waals surface area contributed by atoms with Crippen LogP contribution >= 0.6 is 0 Å². The van der Waals surface area contributed by atoms with Crippen molar-refractivity contribution in [3.8, 4) is 11.1 Å². The van der Waals surface area contributed by atoms with Crippen molar-refractivity contribution < 1.29 is 14.3 Å². The van der Waals surface area contributed by atoms with Gasteiger partial charge in [0.05, 0.1) is 0 Å². The second-order valence-corrected chi connectivity index (χ2v) is 9.13. The van der Waals surface area contributed by atoms with Crippen molar-refractivity contribution in [1.29, 1.82) is 0 Å². The van der Waals surface area contributed by atoms with Crippen LogP contribution in [0.1, 0.15) is 48.0 Å². The fourth-order valence-electron chi connectivity index (χ4n) is 5.47. The molecule has 0 aliphatic carbocycles. The van der Waals surface area contributed by atoms with Crippen LogP contribution in [0.25, 0.3) is 11.1 Å². The Hall–Kier alpha value is -3.40. The molecular weight excluding hydrogens is 410 g/mol. The zero-order chi connectivity index (χ0) is 22.6. The standard InChI is InChI=1S/C29H29NO3/c31-28(27-17-8-7-16-26(27)22-12-5-2-6-13-22)23-18-24-14-9-15-25(19-23)30(24)29(32)33-20-21-10-3-1-4-11-21/h1-8,10-13,16-17,23-25H,9,14-15,18-20H2. The van der Waals surface area contributed by atoms with Gasteiger partial charge in [-0.1, -0.05) is 84.9 Å².